The Kier molecular flexibility index (Phi) is 6.83. The van der Waals surface area contributed by atoms with Gasteiger partial charge in [0.1, 0.15) is 0 Å². The van der Waals surface area contributed by atoms with E-state index >= 15 is 0 Å². The number of carbonyl (C=O) groups excluding carboxylic acids is 1. The zero-order valence-corrected chi connectivity index (χ0v) is 15.7. The van der Waals surface area contributed by atoms with Crippen molar-refractivity contribution in [3.05, 3.63) is 48.0 Å². The number of unbranched alkanes of at least 4 members (excludes halogenated alkanes) is 1. The number of nitrogens with zero attached hydrogens (tertiary/aromatic N) is 2. The molecule has 140 valence electrons. The molecule has 1 atom stereocenters. The van der Waals surface area contributed by atoms with E-state index in [2.05, 4.69) is 20.2 Å². The highest BCUT2D eigenvalue weighted by atomic mass is 16.1. The zero-order valence-electron chi connectivity index (χ0n) is 15.7. The highest BCUT2D eigenvalue weighted by Gasteiger charge is 2.22. The van der Waals surface area contributed by atoms with E-state index in [0.717, 1.165) is 43.2 Å². The van der Waals surface area contributed by atoms with E-state index in [9.17, 15) is 4.79 Å². The molecule has 1 amide bonds. The summed E-state index contributed by atoms with van der Waals surface area (Å²) in [6.45, 7) is 5.17. The molecule has 0 spiro atoms. The lowest BCUT2D eigenvalue weighted by molar-refractivity contribution is -0.116. The predicted octanol–water partition coefficient (Wildman–Crippen LogP) is 3.78. The molecule has 0 aliphatic carbocycles. The third-order valence-electron chi connectivity index (χ3n) is 5.19. The van der Waals surface area contributed by atoms with E-state index in [-0.39, 0.29) is 5.91 Å². The Balaban J connectivity index is 1.28. The van der Waals surface area contributed by atoms with Gasteiger partial charge in [0, 0.05) is 37.1 Å². The number of benzene rings is 1. The van der Waals surface area contributed by atoms with Gasteiger partial charge in [0.05, 0.1) is 6.33 Å². The molecule has 0 saturated carbocycles. The first-order valence-electron chi connectivity index (χ1n) is 9.75. The molecule has 0 unspecified atom stereocenters. The Bertz CT molecular complexity index is 683. The van der Waals surface area contributed by atoms with Gasteiger partial charge in [-0.2, -0.15) is 0 Å². The molecule has 1 aliphatic rings. The molecule has 0 radical (unpaired) electrons. The summed E-state index contributed by atoms with van der Waals surface area (Å²) < 4.78 is 0. The second-order valence-corrected chi connectivity index (χ2v) is 7.45. The Morgan fingerprint density at radius 2 is 2.31 bits per heavy atom. The quantitative estimate of drug-likeness (QED) is 0.674. The SMILES string of the molecule is Cc1cccc(NC(=O)CCN2CC[C@H](CCCCc3cnc[nH]3)C2)c1. The maximum absolute atomic E-state index is 12.1. The van der Waals surface area contributed by atoms with Gasteiger partial charge < -0.3 is 15.2 Å². The average molecular weight is 354 g/mol. The number of rotatable bonds is 9. The Hall–Kier alpha value is -2.14. The predicted molar refractivity (Wildman–Crippen MR) is 105 cm³/mol. The lowest BCUT2D eigenvalue weighted by atomic mass is 10.0. The van der Waals surface area contributed by atoms with E-state index in [1.54, 1.807) is 6.33 Å². The number of aryl methyl sites for hydroxylation is 2. The number of imidazole rings is 1. The minimum absolute atomic E-state index is 0.110. The minimum atomic E-state index is 0.110. The third kappa shape index (κ3) is 5.99. The van der Waals surface area contributed by atoms with Crippen LogP contribution < -0.4 is 5.32 Å². The van der Waals surface area contributed by atoms with Crippen LogP contribution in [0.2, 0.25) is 0 Å². The van der Waals surface area contributed by atoms with Crippen LogP contribution in [0.25, 0.3) is 0 Å². The number of hydrogen-bond donors (Lipinski definition) is 2. The van der Waals surface area contributed by atoms with Crippen molar-refractivity contribution < 1.29 is 4.79 Å². The van der Waals surface area contributed by atoms with Crippen LogP contribution in [0, 0.1) is 12.8 Å². The molecule has 5 nitrogen and oxygen atoms in total. The standard InChI is InChI=1S/C21H30N4O/c1-17-5-4-8-19(13-17)24-21(26)10-12-25-11-9-18(15-25)6-2-3-7-20-14-22-16-23-20/h4-5,8,13-14,16,18H,2-3,6-7,9-12,15H2,1H3,(H,22,23)(H,24,26)/t18-/m0/s1. The fourth-order valence-electron chi connectivity index (χ4n) is 3.73. The van der Waals surface area contributed by atoms with Gasteiger partial charge in [-0.1, -0.05) is 18.6 Å². The second-order valence-electron chi connectivity index (χ2n) is 7.45. The van der Waals surface area contributed by atoms with Crippen LogP contribution in [0.3, 0.4) is 0 Å². The lowest BCUT2D eigenvalue weighted by Crippen LogP contribution is -2.26. The summed E-state index contributed by atoms with van der Waals surface area (Å²) in [6.07, 6.45) is 10.4. The first-order valence-corrected chi connectivity index (χ1v) is 9.75. The van der Waals surface area contributed by atoms with Gasteiger partial charge in [-0.25, -0.2) is 4.98 Å². The van der Waals surface area contributed by atoms with Crippen molar-refractivity contribution in [2.24, 2.45) is 5.92 Å². The lowest BCUT2D eigenvalue weighted by Gasteiger charge is -2.16. The third-order valence-corrected chi connectivity index (χ3v) is 5.19. The van der Waals surface area contributed by atoms with E-state index < -0.39 is 0 Å². The van der Waals surface area contributed by atoms with Crippen LogP contribution in [0.1, 0.15) is 43.4 Å². The van der Waals surface area contributed by atoms with Crippen molar-refractivity contribution in [1.29, 1.82) is 0 Å². The molecule has 1 fully saturated rings. The first-order chi connectivity index (χ1) is 12.7. The number of aromatic nitrogens is 2. The number of likely N-dealkylation sites (tertiary alicyclic amines) is 1. The Morgan fingerprint density at radius 1 is 1.38 bits per heavy atom. The smallest absolute Gasteiger partial charge is 0.225 e. The monoisotopic (exact) mass is 354 g/mol. The van der Waals surface area contributed by atoms with E-state index in [4.69, 9.17) is 0 Å². The number of anilines is 1. The molecule has 1 saturated heterocycles. The molecule has 0 bridgehead atoms. The van der Waals surface area contributed by atoms with Crippen LogP contribution >= 0.6 is 0 Å². The van der Waals surface area contributed by atoms with Crippen molar-refractivity contribution in [2.75, 3.05) is 25.0 Å². The maximum atomic E-state index is 12.1. The van der Waals surface area contributed by atoms with Crippen LogP contribution in [0.5, 0.6) is 0 Å². The van der Waals surface area contributed by atoms with Gasteiger partial charge in [-0.05, 0) is 62.8 Å². The van der Waals surface area contributed by atoms with Crippen LogP contribution in [0.15, 0.2) is 36.8 Å². The summed E-state index contributed by atoms with van der Waals surface area (Å²) in [5.41, 5.74) is 3.29. The molecule has 26 heavy (non-hydrogen) atoms. The fourth-order valence-corrected chi connectivity index (χ4v) is 3.73. The first kappa shape index (κ1) is 18.6. The van der Waals surface area contributed by atoms with Gasteiger partial charge in [-0.15, -0.1) is 0 Å². The highest BCUT2D eigenvalue weighted by molar-refractivity contribution is 5.90. The summed E-state index contributed by atoms with van der Waals surface area (Å²) in [6, 6.07) is 7.96. The topological polar surface area (TPSA) is 61.0 Å². The van der Waals surface area contributed by atoms with Crippen molar-refractivity contribution in [1.82, 2.24) is 14.9 Å². The average Bonchev–Trinajstić information content (AvgIpc) is 3.29. The van der Waals surface area contributed by atoms with Crippen molar-refractivity contribution >= 4 is 11.6 Å². The normalized spacial score (nSPS) is 17.5. The zero-order chi connectivity index (χ0) is 18.2. The number of hydrogen-bond acceptors (Lipinski definition) is 3. The number of H-pyrrole nitrogens is 1. The van der Waals surface area contributed by atoms with Crippen molar-refractivity contribution in [2.45, 2.75) is 45.4 Å². The summed E-state index contributed by atoms with van der Waals surface area (Å²) in [5, 5.41) is 3.00. The van der Waals surface area contributed by atoms with Gasteiger partial charge in [0.15, 0.2) is 0 Å². The number of carbonyl (C=O) groups is 1. The maximum Gasteiger partial charge on any atom is 0.225 e. The van der Waals surface area contributed by atoms with Crippen molar-refractivity contribution in [3.8, 4) is 0 Å². The molecule has 2 heterocycles. The molecule has 1 aromatic heterocycles. The largest absolute Gasteiger partial charge is 0.348 e. The summed E-state index contributed by atoms with van der Waals surface area (Å²) >= 11 is 0. The molecular weight excluding hydrogens is 324 g/mol. The van der Waals surface area contributed by atoms with Gasteiger partial charge in [-0.3, -0.25) is 4.79 Å². The van der Waals surface area contributed by atoms with E-state index in [0.29, 0.717) is 6.42 Å². The highest BCUT2D eigenvalue weighted by Crippen LogP contribution is 2.22. The summed E-state index contributed by atoms with van der Waals surface area (Å²) in [5.74, 6) is 0.898. The molecule has 2 N–H and O–H groups in total. The van der Waals surface area contributed by atoms with Crippen LogP contribution in [-0.4, -0.2) is 40.4 Å². The van der Waals surface area contributed by atoms with Gasteiger partial charge in [0.25, 0.3) is 0 Å². The molecule has 2 aromatic rings. The van der Waals surface area contributed by atoms with E-state index in [1.807, 2.05) is 37.4 Å². The van der Waals surface area contributed by atoms with Crippen LogP contribution in [0.4, 0.5) is 5.69 Å². The summed E-state index contributed by atoms with van der Waals surface area (Å²) in [4.78, 5) is 21.8. The fraction of sp³-hybridized carbons (Fsp3) is 0.524. The molecule has 3 rings (SSSR count). The molecule has 1 aromatic carbocycles. The number of nitrogens with one attached hydrogen (secondary N) is 2. The Morgan fingerprint density at radius 3 is 3.12 bits per heavy atom. The van der Waals surface area contributed by atoms with Gasteiger partial charge in [0.2, 0.25) is 5.91 Å². The number of amides is 1. The van der Waals surface area contributed by atoms with E-state index in [1.165, 1.54) is 31.4 Å². The summed E-state index contributed by atoms with van der Waals surface area (Å²) in [7, 11) is 0. The van der Waals surface area contributed by atoms with Crippen LogP contribution in [-0.2, 0) is 11.2 Å². The molecular formula is C21H30N4O. The second kappa shape index (κ2) is 9.53. The minimum Gasteiger partial charge on any atom is -0.348 e. The molecule has 1 aliphatic heterocycles. The number of aromatic amines is 1. The van der Waals surface area contributed by atoms with Crippen molar-refractivity contribution in [3.63, 3.8) is 0 Å². The molecule has 5 heteroatoms. The van der Waals surface area contributed by atoms with Gasteiger partial charge >= 0.3 is 0 Å². The Labute approximate surface area is 156 Å².